The average molecular weight is 481 g/mol. The van der Waals surface area contributed by atoms with Crippen molar-refractivity contribution in [1.82, 2.24) is 4.98 Å². The number of rotatable bonds is 6. The number of hydrogen-bond donors (Lipinski definition) is 1. The zero-order valence-corrected chi connectivity index (χ0v) is 20.6. The maximum absolute atomic E-state index is 13.0. The highest BCUT2D eigenvalue weighted by molar-refractivity contribution is 7.17. The van der Waals surface area contributed by atoms with Crippen molar-refractivity contribution in [2.24, 2.45) is 5.92 Å². The van der Waals surface area contributed by atoms with Crippen molar-refractivity contribution in [2.45, 2.75) is 53.1 Å². The van der Waals surface area contributed by atoms with Crippen molar-refractivity contribution in [3.05, 3.63) is 57.6 Å². The molecule has 0 fully saturated rings. The van der Waals surface area contributed by atoms with Crippen molar-refractivity contribution < 1.29 is 23.9 Å². The van der Waals surface area contributed by atoms with E-state index in [0.717, 1.165) is 29.7 Å². The lowest BCUT2D eigenvalue weighted by atomic mass is 9.88. The number of hydrogen-bond acceptors (Lipinski definition) is 7. The number of aromatic nitrogens is 1. The summed E-state index contributed by atoms with van der Waals surface area (Å²) in [6.45, 7) is 7.50. The molecule has 1 aliphatic carbocycles. The van der Waals surface area contributed by atoms with Gasteiger partial charge in [0.2, 0.25) is 0 Å². The minimum Gasteiger partial charge on any atom is -0.462 e. The molecule has 2 unspecified atom stereocenters. The molecule has 2 atom stereocenters. The topological polar surface area (TPSA) is 94.6 Å². The fraction of sp³-hybridized carbons (Fsp3) is 0.385. The molecule has 1 aromatic carbocycles. The second kappa shape index (κ2) is 9.93. The molecule has 34 heavy (non-hydrogen) atoms. The molecule has 8 heteroatoms. The van der Waals surface area contributed by atoms with Gasteiger partial charge in [0.25, 0.3) is 5.91 Å². The highest BCUT2D eigenvalue weighted by Gasteiger charge is 2.30. The van der Waals surface area contributed by atoms with Gasteiger partial charge in [-0.15, -0.1) is 11.3 Å². The van der Waals surface area contributed by atoms with Crippen LogP contribution in [0.1, 0.15) is 64.0 Å². The summed E-state index contributed by atoms with van der Waals surface area (Å²) in [5.41, 5.74) is 3.11. The zero-order valence-electron chi connectivity index (χ0n) is 19.8. The van der Waals surface area contributed by atoms with Gasteiger partial charge >= 0.3 is 11.9 Å². The van der Waals surface area contributed by atoms with Crippen LogP contribution in [0.25, 0.3) is 10.9 Å². The molecule has 1 N–H and O–H groups in total. The van der Waals surface area contributed by atoms with Crippen LogP contribution in [0.15, 0.2) is 30.3 Å². The highest BCUT2D eigenvalue weighted by Crippen LogP contribution is 2.40. The third kappa shape index (κ3) is 4.82. The lowest BCUT2D eigenvalue weighted by Crippen LogP contribution is -2.30. The Morgan fingerprint density at radius 1 is 1.24 bits per heavy atom. The molecule has 2 heterocycles. The normalized spacial score (nSPS) is 15.9. The molecule has 0 radical (unpaired) electrons. The summed E-state index contributed by atoms with van der Waals surface area (Å²) >= 11 is 1.40. The Balaban J connectivity index is 1.54. The minimum absolute atomic E-state index is 0.251. The van der Waals surface area contributed by atoms with Crippen molar-refractivity contribution >= 4 is 45.1 Å². The highest BCUT2D eigenvalue weighted by atomic mass is 32.1. The van der Waals surface area contributed by atoms with Crippen LogP contribution >= 0.6 is 11.3 Å². The SMILES string of the molecule is CCOC(=O)c1c(NC(=O)C(C)OC(=O)c2cc(C)nc3ccccc23)sc2c1CCC(C)C2. The summed E-state index contributed by atoms with van der Waals surface area (Å²) in [5, 5.41) is 3.93. The summed E-state index contributed by atoms with van der Waals surface area (Å²) in [7, 11) is 0. The van der Waals surface area contributed by atoms with E-state index in [9.17, 15) is 14.4 Å². The Morgan fingerprint density at radius 3 is 2.76 bits per heavy atom. The van der Waals surface area contributed by atoms with Gasteiger partial charge in [-0.05, 0) is 63.6 Å². The second-order valence-corrected chi connectivity index (χ2v) is 9.75. The molecule has 0 spiro atoms. The maximum atomic E-state index is 13.0. The molecule has 0 saturated carbocycles. The summed E-state index contributed by atoms with van der Waals surface area (Å²) in [6, 6.07) is 8.95. The molecule has 0 saturated heterocycles. The number of carbonyl (C=O) groups excluding carboxylic acids is 3. The molecular weight excluding hydrogens is 452 g/mol. The van der Waals surface area contributed by atoms with Crippen LogP contribution in [0.3, 0.4) is 0 Å². The van der Waals surface area contributed by atoms with Gasteiger partial charge in [0.1, 0.15) is 5.00 Å². The van der Waals surface area contributed by atoms with E-state index in [2.05, 4.69) is 17.2 Å². The predicted octanol–water partition coefficient (Wildman–Crippen LogP) is 5.09. The number of nitrogens with one attached hydrogen (secondary N) is 1. The standard InChI is InChI=1S/C26H28N2O5S/c1-5-32-26(31)22-18-11-10-14(2)12-21(18)34-24(22)28-23(29)16(4)33-25(30)19-13-15(3)27-20-9-7-6-8-17(19)20/h6-9,13-14,16H,5,10-12H2,1-4H3,(H,28,29). The number of fused-ring (bicyclic) bond motifs is 2. The van der Waals surface area contributed by atoms with Crippen LogP contribution in [0, 0.1) is 12.8 Å². The van der Waals surface area contributed by atoms with Gasteiger partial charge in [-0.1, -0.05) is 25.1 Å². The molecule has 7 nitrogen and oxygen atoms in total. The van der Waals surface area contributed by atoms with Crippen LogP contribution in [-0.2, 0) is 27.1 Å². The number of ether oxygens (including phenoxy) is 2. The number of amides is 1. The van der Waals surface area contributed by atoms with E-state index >= 15 is 0 Å². The van der Waals surface area contributed by atoms with Gasteiger partial charge in [0, 0.05) is 16.0 Å². The predicted molar refractivity (Wildman–Crippen MR) is 131 cm³/mol. The number of carbonyl (C=O) groups is 3. The van der Waals surface area contributed by atoms with Crippen LogP contribution in [-0.4, -0.2) is 35.5 Å². The van der Waals surface area contributed by atoms with Gasteiger partial charge in [-0.3, -0.25) is 9.78 Å². The second-order valence-electron chi connectivity index (χ2n) is 8.64. The lowest BCUT2D eigenvalue weighted by molar-refractivity contribution is -0.123. The van der Waals surface area contributed by atoms with E-state index < -0.39 is 23.9 Å². The van der Waals surface area contributed by atoms with Crippen molar-refractivity contribution in [3.8, 4) is 0 Å². The Kier molecular flexibility index (Phi) is 6.97. The minimum atomic E-state index is -1.06. The number of esters is 2. The molecule has 0 bridgehead atoms. The Morgan fingerprint density at radius 2 is 2.00 bits per heavy atom. The van der Waals surface area contributed by atoms with Gasteiger partial charge < -0.3 is 14.8 Å². The molecule has 1 aliphatic rings. The van der Waals surface area contributed by atoms with Crippen LogP contribution in [0.4, 0.5) is 5.00 Å². The number of anilines is 1. The summed E-state index contributed by atoms with van der Waals surface area (Å²) in [5.74, 6) is -1.02. The van der Waals surface area contributed by atoms with Crippen LogP contribution in [0.5, 0.6) is 0 Å². The van der Waals surface area contributed by atoms with E-state index in [4.69, 9.17) is 9.47 Å². The van der Waals surface area contributed by atoms with E-state index in [1.165, 1.54) is 18.3 Å². The largest absolute Gasteiger partial charge is 0.462 e. The summed E-state index contributed by atoms with van der Waals surface area (Å²) in [4.78, 5) is 44.1. The Hall–Kier alpha value is -3.26. The molecular formula is C26H28N2O5S. The smallest absolute Gasteiger partial charge is 0.341 e. The van der Waals surface area contributed by atoms with E-state index in [0.29, 0.717) is 38.6 Å². The third-order valence-corrected chi connectivity index (χ3v) is 7.11. The van der Waals surface area contributed by atoms with Gasteiger partial charge in [0.05, 0.1) is 23.3 Å². The third-order valence-electron chi connectivity index (χ3n) is 5.95. The van der Waals surface area contributed by atoms with Crippen LogP contribution < -0.4 is 5.32 Å². The zero-order chi connectivity index (χ0) is 24.4. The number of aryl methyl sites for hydroxylation is 1. The maximum Gasteiger partial charge on any atom is 0.341 e. The first kappa shape index (κ1) is 23.9. The number of para-hydroxylation sites is 1. The first-order valence-electron chi connectivity index (χ1n) is 11.5. The monoisotopic (exact) mass is 480 g/mol. The van der Waals surface area contributed by atoms with Crippen molar-refractivity contribution in [1.29, 1.82) is 0 Å². The first-order chi connectivity index (χ1) is 16.3. The lowest BCUT2D eigenvalue weighted by Gasteiger charge is -2.18. The number of pyridine rings is 1. The molecule has 1 amide bonds. The van der Waals surface area contributed by atoms with Gasteiger partial charge in [0.15, 0.2) is 6.10 Å². The van der Waals surface area contributed by atoms with E-state index in [1.807, 2.05) is 18.2 Å². The molecule has 2 aromatic heterocycles. The fourth-order valence-electron chi connectivity index (χ4n) is 4.23. The quantitative estimate of drug-likeness (QED) is 0.494. The van der Waals surface area contributed by atoms with Gasteiger partial charge in [-0.25, -0.2) is 9.59 Å². The summed E-state index contributed by atoms with van der Waals surface area (Å²) < 4.78 is 10.8. The van der Waals surface area contributed by atoms with Crippen LogP contribution in [0.2, 0.25) is 0 Å². The molecule has 4 rings (SSSR count). The first-order valence-corrected chi connectivity index (χ1v) is 12.3. The summed E-state index contributed by atoms with van der Waals surface area (Å²) in [6.07, 6.45) is 1.56. The number of benzene rings is 1. The average Bonchev–Trinajstić information content (AvgIpc) is 3.15. The molecule has 3 aromatic rings. The Bertz CT molecular complexity index is 1270. The van der Waals surface area contributed by atoms with Crippen molar-refractivity contribution in [3.63, 3.8) is 0 Å². The molecule has 178 valence electrons. The van der Waals surface area contributed by atoms with Gasteiger partial charge in [-0.2, -0.15) is 0 Å². The Labute approximate surface area is 202 Å². The van der Waals surface area contributed by atoms with Crippen molar-refractivity contribution in [2.75, 3.05) is 11.9 Å². The number of nitrogens with zero attached hydrogens (tertiary/aromatic N) is 1. The fourth-order valence-corrected chi connectivity index (χ4v) is 5.63. The number of thiophene rings is 1. The van der Waals surface area contributed by atoms with E-state index in [-0.39, 0.29) is 6.61 Å². The molecule has 0 aliphatic heterocycles. The van der Waals surface area contributed by atoms with E-state index in [1.54, 1.807) is 26.0 Å².